The van der Waals surface area contributed by atoms with E-state index in [4.69, 9.17) is 0 Å². The van der Waals surface area contributed by atoms with E-state index in [-0.39, 0.29) is 17.9 Å². The average molecular weight is 292 g/mol. The molecule has 4 heteroatoms. The van der Waals surface area contributed by atoms with Gasteiger partial charge in [0, 0.05) is 6.54 Å². The summed E-state index contributed by atoms with van der Waals surface area (Å²) in [5, 5.41) is 3.03. The van der Waals surface area contributed by atoms with Crippen molar-refractivity contribution in [2.45, 2.75) is 76.8 Å². The molecule has 4 nitrogen and oxygen atoms in total. The van der Waals surface area contributed by atoms with Crippen LogP contribution in [0, 0.1) is 11.8 Å². The van der Waals surface area contributed by atoms with Crippen molar-refractivity contribution < 1.29 is 9.59 Å². The molecule has 1 aliphatic heterocycles. The van der Waals surface area contributed by atoms with Gasteiger partial charge in [-0.15, -0.1) is 0 Å². The Morgan fingerprint density at radius 3 is 2.48 bits per heavy atom. The maximum absolute atomic E-state index is 12.9. The van der Waals surface area contributed by atoms with Crippen LogP contribution in [0.1, 0.15) is 65.2 Å². The largest absolute Gasteiger partial charge is 0.342 e. The summed E-state index contributed by atoms with van der Waals surface area (Å²) in [5.41, 5.74) is -0.514. The van der Waals surface area contributed by atoms with Crippen LogP contribution in [0.4, 0.5) is 0 Å². The van der Waals surface area contributed by atoms with Gasteiger partial charge in [0.05, 0.1) is 0 Å². The van der Waals surface area contributed by atoms with Gasteiger partial charge in [-0.05, 0) is 37.5 Å². The predicted molar refractivity (Wildman–Crippen MR) is 81.6 cm³/mol. The second-order valence-electron chi connectivity index (χ2n) is 7.62. The molecule has 0 aromatic heterocycles. The molecule has 1 unspecified atom stereocenters. The SMILES string of the molecule is CC(C)CC1NC(=O)C2(CCCC2)N(CCC2CC2)C1=O. The third-order valence-corrected chi connectivity index (χ3v) is 5.40. The molecule has 1 atom stereocenters. The third kappa shape index (κ3) is 2.82. The lowest BCUT2D eigenvalue weighted by Gasteiger charge is -2.46. The fourth-order valence-electron chi connectivity index (χ4n) is 4.01. The van der Waals surface area contributed by atoms with Gasteiger partial charge in [-0.3, -0.25) is 9.59 Å². The Bertz CT molecular complexity index is 423. The van der Waals surface area contributed by atoms with Crippen LogP contribution < -0.4 is 5.32 Å². The van der Waals surface area contributed by atoms with Crippen LogP contribution in [-0.2, 0) is 9.59 Å². The van der Waals surface area contributed by atoms with E-state index in [1.807, 2.05) is 4.90 Å². The van der Waals surface area contributed by atoms with E-state index in [9.17, 15) is 9.59 Å². The van der Waals surface area contributed by atoms with Crippen molar-refractivity contribution in [3.63, 3.8) is 0 Å². The molecule has 3 aliphatic rings. The van der Waals surface area contributed by atoms with Crippen molar-refractivity contribution in [2.24, 2.45) is 11.8 Å². The van der Waals surface area contributed by atoms with E-state index >= 15 is 0 Å². The number of carbonyl (C=O) groups excluding carboxylic acids is 2. The molecule has 0 aromatic carbocycles. The van der Waals surface area contributed by atoms with Gasteiger partial charge < -0.3 is 10.2 Å². The van der Waals surface area contributed by atoms with Crippen molar-refractivity contribution in [3.8, 4) is 0 Å². The molecule has 21 heavy (non-hydrogen) atoms. The molecule has 3 fully saturated rings. The summed E-state index contributed by atoms with van der Waals surface area (Å²) in [6.07, 6.45) is 8.27. The third-order valence-electron chi connectivity index (χ3n) is 5.40. The van der Waals surface area contributed by atoms with Crippen molar-refractivity contribution in [1.29, 1.82) is 0 Å². The van der Waals surface area contributed by atoms with Crippen LogP contribution in [0.15, 0.2) is 0 Å². The molecule has 1 N–H and O–H groups in total. The molecule has 1 saturated heterocycles. The Labute approximate surface area is 127 Å². The molecule has 1 heterocycles. The summed E-state index contributed by atoms with van der Waals surface area (Å²) in [6, 6.07) is -0.303. The Morgan fingerprint density at radius 2 is 1.90 bits per heavy atom. The van der Waals surface area contributed by atoms with Gasteiger partial charge in [-0.25, -0.2) is 0 Å². The lowest BCUT2D eigenvalue weighted by Crippen LogP contribution is -2.70. The van der Waals surface area contributed by atoms with Gasteiger partial charge in [0.2, 0.25) is 11.8 Å². The van der Waals surface area contributed by atoms with E-state index in [2.05, 4.69) is 19.2 Å². The lowest BCUT2D eigenvalue weighted by atomic mass is 9.87. The zero-order valence-electron chi connectivity index (χ0n) is 13.4. The van der Waals surface area contributed by atoms with Crippen LogP contribution >= 0.6 is 0 Å². The maximum Gasteiger partial charge on any atom is 0.246 e. The summed E-state index contributed by atoms with van der Waals surface area (Å²) in [5.74, 6) is 1.50. The molecule has 2 amide bonds. The predicted octanol–water partition coefficient (Wildman–Crippen LogP) is 2.47. The minimum atomic E-state index is -0.514. The number of nitrogens with zero attached hydrogens (tertiary/aromatic N) is 1. The second-order valence-corrected chi connectivity index (χ2v) is 7.62. The van der Waals surface area contributed by atoms with Gasteiger partial charge in [0.1, 0.15) is 11.6 Å². The highest BCUT2D eigenvalue weighted by molar-refractivity contribution is 6.00. The first kappa shape index (κ1) is 14.9. The first-order valence-corrected chi connectivity index (χ1v) is 8.65. The topological polar surface area (TPSA) is 49.4 Å². The van der Waals surface area contributed by atoms with Crippen molar-refractivity contribution in [2.75, 3.05) is 6.54 Å². The Kier molecular flexibility index (Phi) is 3.98. The first-order valence-electron chi connectivity index (χ1n) is 8.65. The molecule has 3 rings (SSSR count). The number of hydrogen-bond acceptors (Lipinski definition) is 2. The Balaban J connectivity index is 1.79. The van der Waals surface area contributed by atoms with E-state index in [1.165, 1.54) is 12.8 Å². The number of rotatable bonds is 5. The van der Waals surface area contributed by atoms with Gasteiger partial charge in [-0.1, -0.05) is 39.5 Å². The van der Waals surface area contributed by atoms with E-state index in [0.29, 0.717) is 5.92 Å². The summed E-state index contributed by atoms with van der Waals surface area (Å²) in [7, 11) is 0. The van der Waals surface area contributed by atoms with Crippen LogP contribution in [0.5, 0.6) is 0 Å². The monoisotopic (exact) mass is 292 g/mol. The maximum atomic E-state index is 12.9. The summed E-state index contributed by atoms with van der Waals surface area (Å²) in [6.45, 7) is 4.99. The summed E-state index contributed by atoms with van der Waals surface area (Å²) in [4.78, 5) is 27.6. The number of amides is 2. The molecule has 0 aromatic rings. The highest BCUT2D eigenvalue weighted by atomic mass is 16.2. The molecular weight excluding hydrogens is 264 g/mol. The van der Waals surface area contributed by atoms with Crippen LogP contribution in [-0.4, -0.2) is 34.8 Å². The smallest absolute Gasteiger partial charge is 0.246 e. The van der Waals surface area contributed by atoms with Crippen molar-refractivity contribution in [1.82, 2.24) is 10.2 Å². The quantitative estimate of drug-likeness (QED) is 0.846. The lowest BCUT2D eigenvalue weighted by molar-refractivity contribution is -0.158. The Morgan fingerprint density at radius 1 is 1.24 bits per heavy atom. The molecule has 118 valence electrons. The second kappa shape index (κ2) is 5.62. The average Bonchev–Trinajstić information content (AvgIpc) is 3.12. The van der Waals surface area contributed by atoms with Crippen LogP contribution in [0.2, 0.25) is 0 Å². The number of piperazine rings is 1. The molecular formula is C17H28N2O2. The minimum Gasteiger partial charge on any atom is -0.342 e. The summed E-state index contributed by atoms with van der Waals surface area (Å²) < 4.78 is 0. The minimum absolute atomic E-state index is 0.112. The highest BCUT2D eigenvalue weighted by Crippen LogP contribution is 2.40. The fourth-order valence-corrected chi connectivity index (χ4v) is 4.01. The van der Waals surface area contributed by atoms with E-state index in [0.717, 1.165) is 51.0 Å². The van der Waals surface area contributed by atoms with Crippen LogP contribution in [0.25, 0.3) is 0 Å². The molecule has 0 radical (unpaired) electrons. The molecule has 2 saturated carbocycles. The number of carbonyl (C=O) groups is 2. The van der Waals surface area contributed by atoms with Gasteiger partial charge in [0.25, 0.3) is 0 Å². The van der Waals surface area contributed by atoms with Gasteiger partial charge >= 0.3 is 0 Å². The van der Waals surface area contributed by atoms with Crippen LogP contribution in [0.3, 0.4) is 0 Å². The number of hydrogen-bond donors (Lipinski definition) is 1. The first-order chi connectivity index (χ1) is 10.0. The highest BCUT2D eigenvalue weighted by Gasteiger charge is 2.53. The normalized spacial score (nSPS) is 28.5. The van der Waals surface area contributed by atoms with Gasteiger partial charge in [0.15, 0.2) is 0 Å². The zero-order valence-corrected chi connectivity index (χ0v) is 13.4. The molecule has 2 aliphatic carbocycles. The van der Waals surface area contributed by atoms with E-state index in [1.54, 1.807) is 0 Å². The molecule has 1 spiro atoms. The Hall–Kier alpha value is -1.06. The fraction of sp³-hybridized carbons (Fsp3) is 0.882. The zero-order chi connectivity index (χ0) is 15.0. The van der Waals surface area contributed by atoms with Crippen molar-refractivity contribution in [3.05, 3.63) is 0 Å². The van der Waals surface area contributed by atoms with E-state index < -0.39 is 5.54 Å². The molecule has 0 bridgehead atoms. The summed E-state index contributed by atoms with van der Waals surface area (Å²) >= 11 is 0. The standard InChI is InChI=1S/C17H28N2O2/c1-12(2)11-14-15(20)19(10-7-13-5-6-13)17(16(21)18-14)8-3-4-9-17/h12-14H,3-11H2,1-2H3,(H,18,21). The van der Waals surface area contributed by atoms with Gasteiger partial charge in [-0.2, -0.15) is 0 Å². The number of nitrogens with one attached hydrogen (secondary N) is 1. The van der Waals surface area contributed by atoms with Crippen molar-refractivity contribution >= 4 is 11.8 Å².